The summed E-state index contributed by atoms with van der Waals surface area (Å²) in [5.74, 6) is -2.84. The largest absolute Gasteiger partial charge is 0.498 e. The summed E-state index contributed by atoms with van der Waals surface area (Å²) in [4.78, 5) is 5.39. The molecule has 0 N–H and O–H groups in total. The molecular weight excluding hydrogens is 394 g/mol. The summed E-state index contributed by atoms with van der Waals surface area (Å²) in [6.45, 7) is 8.77. The van der Waals surface area contributed by atoms with E-state index in [-0.39, 0.29) is 37.3 Å². The molecule has 1 aromatic heterocycles. The van der Waals surface area contributed by atoms with Crippen molar-refractivity contribution >= 4 is 18.4 Å². The van der Waals surface area contributed by atoms with Crippen molar-refractivity contribution in [2.24, 2.45) is 0 Å². The van der Waals surface area contributed by atoms with Gasteiger partial charge in [-0.1, -0.05) is 6.07 Å². The van der Waals surface area contributed by atoms with Crippen molar-refractivity contribution in [3.8, 4) is 0 Å². The predicted molar refractivity (Wildman–Crippen MR) is 101 cm³/mol. The highest BCUT2D eigenvalue weighted by atomic mass is 19.4. The highest BCUT2D eigenvalue weighted by Gasteiger charge is 2.53. The number of halogens is 5. The van der Waals surface area contributed by atoms with Crippen molar-refractivity contribution in [1.29, 1.82) is 0 Å². The van der Waals surface area contributed by atoms with E-state index in [0.717, 1.165) is 0 Å². The molecule has 0 aromatic carbocycles. The number of nitrogens with zero attached hydrogens (tertiary/aromatic N) is 2. The quantitative estimate of drug-likeness (QED) is 0.527. The molecule has 0 aliphatic carbocycles. The van der Waals surface area contributed by atoms with Crippen LogP contribution in [0.25, 0.3) is 0 Å². The number of hydrogen-bond acceptors (Lipinski definition) is 4. The van der Waals surface area contributed by atoms with Gasteiger partial charge in [-0.15, -0.1) is 0 Å². The summed E-state index contributed by atoms with van der Waals surface area (Å²) in [5, 5.41) is 0. The third-order valence-corrected chi connectivity index (χ3v) is 6.01. The van der Waals surface area contributed by atoms with E-state index in [1.807, 2.05) is 27.7 Å². The molecule has 0 unspecified atom stereocenters. The molecule has 2 fully saturated rings. The van der Waals surface area contributed by atoms with Crippen molar-refractivity contribution in [2.75, 3.05) is 18.0 Å². The summed E-state index contributed by atoms with van der Waals surface area (Å²) in [5.41, 5.74) is -2.15. The monoisotopic (exact) mass is 420 g/mol. The zero-order valence-corrected chi connectivity index (χ0v) is 17.3. The SMILES string of the molecule is Cc1cc(B2OC(C)(C)C(C)(C)O2)c(N2CCCC(F)(F)CC2)nc1C(F)(F)F. The van der Waals surface area contributed by atoms with Gasteiger partial charge in [0.05, 0.1) is 11.2 Å². The summed E-state index contributed by atoms with van der Waals surface area (Å²) in [6.07, 6.45) is -5.23. The Bertz CT molecular complexity index is 767. The summed E-state index contributed by atoms with van der Waals surface area (Å²) in [7, 11) is -0.938. The van der Waals surface area contributed by atoms with Gasteiger partial charge >= 0.3 is 13.3 Å². The first-order valence-corrected chi connectivity index (χ1v) is 9.70. The van der Waals surface area contributed by atoms with Crippen LogP contribution in [0.5, 0.6) is 0 Å². The fraction of sp³-hybridized carbons (Fsp3) is 0.737. The van der Waals surface area contributed by atoms with Crippen LogP contribution in [-0.4, -0.2) is 42.3 Å². The molecular formula is C19H26BF5N2O2. The zero-order valence-electron chi connectivity index (χ0n) is 17.3. The molecule has 4 nitrogen and oxygen atoms in total. The Balaban J connectivity index is 2.07. The standard InChI is InChI=1S/C19H26BF5N2O2/c1-12-11-13(20-28-16(2,3)17(4,5)29-20)15(26-14(12)19(23,24)25)27-9-6-7-18(21,22)8-10-27/h11H,6-10H2,1-5H3. The first kappa shape index (κ1) is 22.3. The van der Waals surface area contributed by atoms with Crippen molar-refractivity contribution in [3.05, 3.63) is 17.3 Å². The van der Waals surface area contributed by atoms with E-state index in [2.05, 4.69) is 4.98 Å². The molecule has 0 spiro atoms. The second kappa shape index (κ2) is 7.08. The van der Waals surface area contributed by atoms with E-state index in [4.69, 9.17) is 9.31 Å². The van der Waals surface area contributed by atoms with E-state index in [1.165, 1.54) is 17.9 Å². The normalized spacial score (nSPS) is 23.9. The minimum Gasteiger partial charge on any atom is -0.399 e. The van der Waals surface area contributed by atoms with Gasteiger partial charge in [-0.25, -0.2) is 13.8 Å². The zero-order chi connectivity index (χ0) is 21.8. The molecule has 162 valence electrons. The van der Waals surface area contributed by atoms with Crippen LogP contribution in [0.15, 0.2) is 6.07 Å². The Kier molecular flexibility index (Phi) is 5.44. The lowest BCUT2D eigenvalue weighted by Gasteiger charge is -2.32. The molecule has 2 aliphatic heterocycles. The topological polar surface area (TPSA) is 34.6 Å². The van der Waals surface area contributed by atoms with Gasteiger partial charge in [0.25, 0.3) is 0 Å². The van der Waals surface area contributed by atoms with Crippen LogP contribution in [0.1, 0.15) is 58.2 Å². The molecule has 2 aliphatic rings. The Morgan fingerprint density at radius 3 is 2.17 bits per heavy atom. The van der Waals surface area contributed by atoms with Crippen LogP contribution in [-0.2, 0) is 15.5 Å². The van der Waals surface area contributed by atoms with Gasteiger partial charge in [0.2, 0.25) is 5.92 Å². The van der Waals surface area contributed by atoms with Crippen molar-refractivity contribution in [3.63, 3.8) is 0 Å². The van der Waals surface area contributed by atoms with Crippen molar-refractivity contribution in [1.82, 2.24) is 4.98 Å². The molecule has 0 amide bonds. The van der Waals surface area contributed by atoms with Gasteiger partial charge in [0.15, 0.2) is 0 Å². The van der Waals surface area contributed by atoms with Crippen molar-refractivity contribution < 1.29 is 31.3 Å². The van der Waals surface area contributed by atoms with Crippen LogP contribution < -0.4 is 10.4 Å². The molecule has 1 aromatic rings. The fourth-order valence-electron chi connectivity index (χ4n) is 3.58. The molecule has 0 radical (unpaired) electrons. The number of anilines is 1. The summed E-state index contributed by atoms with van der Waals surface area (Å²) < 4.78 is 80.1. The lowest BCUT2D eigenvalue weighted by molar-refractivity contribution is -0.141. The Labute approximate surface area is 167 Å². The molecule has 2 saturated heterocycles. The van der Waals surface area contributed by atoms with E-state index in [0.29, 0.717) is 5.46 Å². The second-order valence-electron chi connectivity index (χ2n) is 8.85. The molecule has 3 heterocycles. The van der Waals surface area contributed by atoms with Crippen molar-refractivity contribution in [2.45, 2.75) is 77.2 Å². The summed E-state index contributed by atoms with van der Waals surface area (Å²) >= 11 is 0. The molecule has 0 atom stereocenters. The lowest BCUT2D eigenvalue weighted by atomic mass is 9.78. The first-order valence-electron chi connectivity index (χ1n) is 9.70. The maximum Gasteiger partial charge on any atom is 0.498 e. The number of aromatic nitrogens is 1. The third kappa shape index (κ3) is 4.38. The van der Waals surface area contributed by atoms with E-state index >= 15 is 0 Å². The van der Waals surface area contributed by atoms with Gasteiger partial charge in [0.1, 0.15) is 11.5 Å². The van der Waals surface area contributed by atoms with Gasteiger partial charge in [0, 0.05) is 31.4 Å². The maximum atomic E-state index is 13.8. The molecule has 0 saturated carbocycles. The average Bonchev–Trinajstić information content (AvgIpc) is 2.67. The van der Waals surface area contributed by atoms with E-state index in [9.17, 15) is 22.0 Å². The van der Waals surface area contributed by atoms with Gasteiger partial charge in [-0.05, 0) is 46.6 Å². The predicted octanol–water partition coefficient (Wildman–Crippen LogP) is 4.33. The minimum atomic E-state index is -4.65. The Hall–Kier alpha value is -1.42. The number of rotatable bonds is 2. The number of pyridine rings is 1. The Morgan fingerprint density at radius 1 is 1.03 bits per heavy atom. The van der Waals surface area contributed by atoms with E-state index in [1.54, 1.807) is 0 Å². The van der Waals surface area contributed by atoms with Crippen LogP contribution >= 0.6 is 0 Å². The number of aryl methyl sites for hydroxylation is 1. The molecule has 3 rings (SSSR count). The second-order valence-corrected chi connectivity index (χ2v) is 8.85. The fourth-order valence-corrected chi connectivity index (χ4v) is 3.58. The third-order valence-electron chi connectivity index (χ3n) is 6.01. The minimum absolute atomic E-state index is 0.000810. The number of alkyl halides is 5. The highest BCUT2D eigenvalue weighted by molar-refractivity contribution is 6.63. The summed E-state index contributed by atoms with van der Waals surface area (Å²) in [6, 6.07) is 1.36. The first-order chi connectivity index (χ1) is 13.1. The van der Waals surface area contributed by atoms with Gasteiger partial charge < -0.3 is 14.2 Å². The van der Waals surface area contributed by atoms with Gasteiger partial charge in [-0.3, -0.25) is 0 Å². The molecule has 10 heteroatoms. The molecule has 0 bridgehead atoms. The van der Waals surface area contributed by atoms with Crippen LogP contribution in [0.3, 0.4) is 0 Å². The highest BCUT2D eigenvalue weighted by Crippen LogP contribution is 2.39. The van der Waals surface area contributed by atoms with Crippen LogP contribution in [0, 0.1) is 6.92 Å². The maximum absolute atomic E-state index is 13.8. The van der Waals surface area contributed by atoms with E-state index < -0.39 is 42.5 Å². The molecule has 29 heavy (non-hydrogen) atoms. The van der Waals surface area contributed by atoms with Crippen LogP contribution in [0.2, 0.25) is 0 Å². The van der Waals surface area contributed by atoms with Crippen LogP contribution in [0.4, 0.5) is 27.8 Å². The smallest absolute Gasteiger partial charge is 0.399 e. The lowest BCUT2D eigenvalue weighted by Crippen LogP contribution is -2.42. The van der Waals surface area contributed by atoms with Gasteiger partial charge in [-0.2, -0.15) is 13.2 Å². The number of hydrogen-bond donors (Lipinski definition) is 0. The Morgan fingerprint density at radius 2 is 1.62 bits per heavy atom. The average molecular weight is 420 g/mol.